The second kappa shape index (κ2) is 6.35. The van der Waals surface area contributed by atoms with Crippen molar-refractivity contribution in [2.45, 2.75) is 25.3 Å². The van der Waals surface area contributed by atoms with Crippen LogP contribution in [0.4, 0.5) is 10.5 Å². The first-order valence-electron chi connectivity index (χ1n) is 8.80. The van der Waals surface area contributed by atoms with Crippen molar-refractivity contribution in [3.63, 3.8) is 0 Å². The average molecular weight is 339 g/mol. The molecule has 0 N–H and O–H groups in total. The van der Waals surface area contributed by atoms with E-state index in [1.165, 1.54) is 4.90 Å². The molecule has 1 unspecified atom stereocenters. The fraction of sp³-hybridized carbons (Fsp3) is 0.421. The molecule has 2 heterocycles. The fourth-order valence-electron chi connectivity index (χ4n) is 3.89. The molecule has 1 aromatic rings. The van der Waals surface area contributed by atoms with Crippen LogP contribution in [0.25, 0.3) is 0 Å². The minimum absolute atomic E-state index is 0.0102. The number of imide groups is 1. The van der Waals surface area contributed by atoms with Gasteiger partial charge in [0.15, 0.2) is 0 Å². The van der Waals surface area contributed by atoms with Crippen molar-refractivity contribution >= 4 is 23.5 Å². The molecule has 0 radical (unpaired) electrons. The van der Waals surface area contributed by atoms with Crippen LogP contribution in [-0.2, 0) is 9.59 Å². The van der Waals surface area contributed by atoms with Crippen molar-refractivity contribution in [3.8, 4) is 0 Å². The molecule has 1 aliphatic carbocycles. The highest BCUT2D eigenvalue weighted by Gasteiger charge is 2.48. The molecule has 3 aliphatic rings. The van der Waals surface area contributed by atoms with Gasteiger partial charge in [-0.3, -0.25) is 9.59 Å². The quantitative estimate of drug-likeness (QED) is 0.612. The van der Waals surface area contributed by atoms with E-state index in [9.17, 15) is 14.4 Å². The normalized spacial score (nSPS) is 24.0. The van der Waals surface area contributed by atoms with Crippen LogP contribution in [0.15, 0.2) is 42.5 Å². The van der Waals surface area contributed by atoms with E-state index in [0.717, 1.165) is 12.8 Å². The van der Waals surface area contributed by atoms with Gasteiger partial charge in [-0.15, -0.1) is 0 Å². The van der Waals surface area contributed by atoms with Gasteiger partial charge >= 0.3 is 6.03 Å². The Balaban J connectivity index is 1.56. The number of benzene rings is 1. The lowest BCUT2D eigenvalue weighted by Gasteiger charge is -2.26. The van der Waals surface area contributed by atoms with E-state index >= 15 is 0 Å². The third kappa shape index (κ3) is 2.71. The summed E-state index contributed by atoms with van der Waals surface area (Å²) in [7, 11) is 0. The van der Waals surface area contributed by atoms with Gasteiger partial charge in [0.05, 0.1) is 12.2 Å². The lowest BCUT2D eigenvalue weighted by molar-refractivity contribution is -0.135. The minimum Gasteiger partial charge on any atom is -0.340 e. The Kier molecular flexibility index (Phi) is 4.03. The summed E-state index contributed by atoms with van der Waals surface area (Å²) in [5.41, 5.74) is 0.587. The van der Waals surface area contributed by atoms with E-state index in [-0.39, 0.29) is 23.8 Å². The first kappa shape index (κ1) is 15.9. The number of nitrogens with zero attached hydrogens (tertiary/aromatic N) is 3. The molecule has 2 aliphatic heterocycles. The number of hydrogen-bond donors (Lipinski definition) is 0. The number of para-hydroxylation sites is 1. The van der Waals surface area contributed by atoms with E-state index in [1.54, 1.807) is 21.9 Å². The number of allylic oxidation sites excluding steroid dienone is 2. The number of hydrogen-bond acceptors (Lipinski definition) is 3. The zero-order valence-electron chi connectivity index (χ0n) is 14.0. The van der Waals surface area contributed by atoms with Crippen molar-refractivity contribution in [1.82, 2.24) is 9.80 Å². The first-order chi connectivity index (χ1) is 12.2. The van der Waals surface area contributed by atoms with Gasteiger partial charge in [0.2, 0.25) is 5.91 Å². The Morgan fingerprint density at radius 2 is 1.72 bits per heavy atom. The van der Waals surface area contributed by atoms with Gasteiger partial charge in [-0.05, 0) is 31.4 Å². The van der Waals surface area contributed by atoms with Gasteiger partial charge < -0.3 is 9.80 Å². The SMILES string of the molecule is O=C(C1CC=CC1)N1CCCN2C(=O)N(c3ccccc3)C(=O)C2C1. The molecule has 0 saturated carbocycles. The zero-order chi connectivity index (χ0) is 17.4. The summed E-state index contributed by atoms with van der Waals surface area (Å²) < 4.78 is 0. The molecule has 0 bridgehead atoms. The summed E-state index contributed by atoms with van der Waals surface area (Å²) >= 11 is 0. The molecule has 2 saturated heterocycles. The topological polar surface area (TPSA) is 60.9 Å². The van der Waals surface area contributed by atoms with E-state index in [0.29, 0.717) is 31.7 Å². The number of carbonyl (C=O) groups excluding carboxylic acids is 3. The molecule has 130 valence electrons. The molecule has 25 heavy (non-hydrogen) atoms. The highest BCUT2D eigenvalue weighted by molar-refractivity contribution is 6.21. The molecule has 0 aromatic heterocycles. The molecular weight excluding hydrogens is 318 g/mol. The molecule has 1 atom stereocenters. The highest BCUT2D eigenvalue weighted by atomic mass is 16.2. The molecule has 0 spiro atoms. The number of urea groups is 1. The zero-order valence-corrected chi connectivity index (χ0v) is 14.0. The van der Waals surface area contributed by atoms with Crippen molar-refractivity contribution in [3.05, 3.63) is 42.5 Å². The Hall–Kier alpha value is -2.63. The Labute approximate surface area is 146 Å². The highest BCUT2D eigenvalue weighted by Crippen LogP contribution is 2.28. The van der Waals surface area contributed by atoms with Gasteiger partial charge in [0.25, 0.3) is 5.91 Å². The van der Waals surface area contributed by atoms with Crippen molar-refractivity contribution in [2.24, 2.45) is 5.92 Å². The van der Waals surface area contributed by atoms with Crippen LogP contribution < -0.4 is 4.90 Å². The minimum atomic E-state index is -0.575. The van der Waals surface area contributed by atoms with Crippen molar-refractivity contribution in [1.29, 1.82) is 0 Å². The summed E-state index contributed by atoms with van der Waals surface area (Å²) in [5, 5.41) is 0. The molecular formula is C19H21N3O3. The largest absolute Gasteiger partial charge is 0.340 e. The first-order valence-corrected chi connectivity index (χ1v) is 8.80. The number of anilines is 1. The average Bonchev–Trinajstić information content (AvgIpc) is 3.16. The van der Waals surface area contributed by atoms with E-state index in [1.807, 2.05) is 30.4 Å². The Bertz CT molecular complexity index is 723. The maximum atomic E-state index is 12.9. The number of carbonyl (C=O) groups is 3. The van der Waals surface area contributed by atoms with Crippen LogP contribution in [0.3, 0.4) is 0 Å². The van der Waals surface area contributed by atoms with Crippen molar-refractivity contribution < 1.29 is 14.4 Å². The maximum Gasteiger partial charge on any atom is 0.332 e. The molecule has 4 rings (SSSR count). The summed E-state index contributed by atoms with van der Waals surface area (Å²) in [6, 6.07) is 8.13. The Morgan fingerprint density at radius 3 is 2.44 bits per heavy atom. The molecule has 4 amide bonds. The Morgan fingerprint density at radius 1 is 1.00 bits per heavy atom. The van der Waals surface area contributed by atoms with Crippen LogP contribution >= 0.6 is 0 Å². The number of rotatable bonds is 2. The third-order valence-electron chi connectivity index (χ3n) is 5.22. The maximum absolute atomic E-state index is 12.9. The number of amides is 4. The fourth-order valence-corrected chi connectivity index (χ4v) is 3.89. The molecule has 2 fully saturated rings. The standard InChI is InChI=1S/C19H21N3O3/c23-17(14-7-4-5-8-14)20-11-6-12-21-16(13-20)18(24)22(19(21)25)15-9-2-1-3-10-15/h1-5,9-10,14,16H,6-8,11-13H2. The molecule has 1 aromatic carbocycles. The van der Waals surface area contributed by atoms with Gasteiger partial charge in [0, 0.05) is 19.0 Å². The summed E-state index contributed by atoms with van der Waals surface area (Å²) in [4.78, 5) is 43.0. The second-order valence-electron chi connectivity index (χ2n) is 6.78. The van der Waals surface area contributed by atoms with Gasteiger partial charge in [-0.2, -0.15) is 0 Å². The molecule has 6 nitrogen and oxygen atoms in total. The smallest absolute Gasteiger partial charge is 0.332 e. The van der Waals surface area contributed by atoms with Crippen LogP contribution in [0.2, 0.25) is 0 Å². The van der Waals surface area contributed by atoms with E-state index < -0.39 is 6.04 Å². The van der Waals surface area contributed by atoms with Crippen LogP contribution in [-0.4, -0.2) is 53.3 Å². The van der Waals surface area contributed by atoms with E-state index in [4.69, 9.17) is 0 Å². The van der Waals surface area contributed by atoms with Gasteiger partial charge in [-0.25, -0.2) is 9.69 Å². The lowest BCUT2D eigenvalue weighted by Crippen LogP contribution is -2.45. The second-order valence-corrected chi connectivity index (χ2v) is 6.78. The van der Waals surface area contributed by atoms with Gasteiger partial charge in [-0.1, -0.05) is 30.4 Å². The predicted molar refractivity (Wildman–Crippen MR) is 92.9 cm³/mol. The third-order valence-corrected chi connectivity index (χ3v) is 5.22. The monoisotopic (exact) mass is 339 g/mol. The van der Waals surface area contributed by atoms with E-state index in [2.05, 4.69) is 0 Å². The lowest BCUT2D eigenvalue weighted by atomic mass is 10.1. The predicted octanol–water partition coefficient (Wildman–Crippen LogP) is 2.02. The van der Waals surface area contributed by atoms with Crippen LogP contribution in [0, 0.1) is 5.92 Å². The van der Waals surface area contributed by atoms with Gasteiger partial charge in [0.1, 0.15) is 6.04 Å². The van der Waals surface area contributed by atoms with Crippen LogP contribution in [0.5, 0.6) is 0 Å². The molecule has 6 heteroatoms. The number of fused-ring (bicyclic) bond motifs is 1. The van der Waals surface area contributed by atoms with Crippen molar-refractivity contribution in [2.75, 3.05) is 24.5 Å². The summed E-state index contributed by atoms with van der Waals surface area (Å²) in [5.74, 6) is -0.144. The summed E-state index contributed by atoms with van der Waals surface area (Å²) in [6.45, 7) is 1.41. The van der Waals surface area contributed by atoms with Crippen LogP contribution in [0.1, 0.15) is 19.3 Å². The summed E-state index contributed by atoms with van der Waals surface area (Å²) in [6.07, 6.45) is 6.31.